The molecule has 7 nitrogen and oxygen atoms in total. The minimum atomic E-state index is -0.255. The van der Waals surface area contributed by atoms with Gasteiger partial charge in [0.05, 0.1) is 39.5 Å². The van der Waals surface area contributed by atoms with Gasteiger partial charge < -0.3 is 23.9 Å². The number of anilines is 1. The average Bonchev–Trinajstić information content (AvgIpc) is 3.26. The van der Waals surface area contributed by atoms with E-state index in [0.717, 1.165) is 27.6 Å². The summed E-state index contributed by atoms with van der Waals surface area (Å²) < 4.78 is 22.2. The van der Waals surface area contributed by atoms with Crippen LogP contribution >= 0.6 is 0 Å². The van der Waals surface area contributed by atoms with Crippen LogP contribution in [-0.2, 0) is 4.79 Å². The molecule has 7 heteroatoms. The molecule has 2 heterocycles. The zero-order valence-electron chi connectivity index (χ0n) is 18.8. The van der Waals surface area contributed by atoms with Crippen LogP contribution in [0.3, 0.4) is 0 Å². The topological polar surface area (TPSA) is 82.8 Å². The molecule has 168 valence electrons. The first-order chi connectivity index (χ1) is 16.0. The van der Waals surface area contributed by atoms with E-state index in [1.807, 2.05) is 37.3 Å². The van der Waals surface area contributed by atoms with Gasteiger partial charge in [-0.1, -0.05) is 6.07 Å². The second-order valence-corrected chi connectivity index (χ2v) is 7.33. The van der Waals surface area contributed by atoms with Crippen molar-refractivity contribution in [3.63, 3.8) is 0 Å². The summed E-state index contributed by atoms with van der Waals surface area (Å²) in [7, 11) is 4.79. The van der Waals surface area contributed by atoms with E-state index < -0.39 is 0 Å². The molecule has 0 aliphatic rings. The Bertz CT molecular complexity index is 1330. The lowest BCUT2D eigenvalue weighted by atomic mass is 9.99. The zero-order chi connectivity index (χ0) is 23.4. The third kappa shape index (κ3) is 4.52. The van der Waals surface area contributed by atoms with E-state index in [1.165, 1.54) is 6.08 Å². The van der Waals surface area contributed by atoms with Crippen LogP contribution in [0.25, 0.3) is 27.7 Å². The average molecular weight is 444 g/mol. The number of hydrogen-bond donors (Lipinski definition) is 1. The molecule has 2 aromatic heterocycles. The smallest absolute Gasteiger partial charge is 0.248 e. The SMILES string of the molecule is COc1ccc(-c2coc3cc(OC)c(/C(C)=C/C(=O)Nc4cccnc4)cc23)cc1OC. The Morgan fingerprint density at radius 1 is 1.00 bits per heavy atom. The number of nitrogens with zero attached hydrogens (tertiary/aromatic N) is 1. The Balaban J connectivity index is 1.74. The van der Waals surface area contributed by atoms with Gasteiger partial charge in [0, 0.05) is 34.9 Å². The second kappa shape index (κ2) is 9.48. The van der Waals surface area contributed by atoms with Crippen molar-refractivity contribution in [2.45, 2.75) is 6.92 Å². The van der Waals surface area contributed by atoms with E-state index >= 15 is 0 Å². The van der Waals surface area contributed by atoms with Crippen LogP contribution in [0.1, 0.15) is 12.5 Å². The Hall–Kier alpha value is -4.26. The maximum atomic E-state index is 12.5. The predicted octanol–water partition coefficient (Wildman–Crippen LogP) is 5.56. The Kier molecular flexibility index (Phi) is 6.31. The number of furan rings is 1. The van der Waals surface area contributed by atoms with E-state index in [0.29, 0.717) is 28.5 Å². The fourth-order valence-electron chi connectivity index (χ4n) is 3.65. The third-order valence-electron chi connectivity index (χ3n) is 5.29. The molecule has 0 aliphatic carbocycles. The molecule has 0 spiro atoms. The number of nitrogens with one attached hydrogen (secondary N) is 1. The molecule has 0 fully saturated rings. The maximum Gasteiger partial charge on any atom is 0.248 e. The fourth-order valence-corrected chi connectivity index (χ4v) is 3.65. The molecule has 4 aromatic rings. The first kappa shape index (κ1) is 22.0. The highest BCUT2D eigenvalue weighted by Crippen LogP contribution is 2.39. The zero-order valence-corrected chi connectivity index (χ0v) is 18.8. The van der Waals surface area contributed by atoms with Gasteiger partial charge in [0.15, 0.2) is 11.5 Å². The number of carbonyl (C=O) groups is 1. The number of methoxy groups -OCH3 is 3. The molecular weight excluding hydrogens is 420 g/mol. The summed E-state index contributed by atoms with van der Waals surface area (Å²) in [5.74, 6) is 1.63. The predicted molar refractivity (Wildman–Crippen MR) is 128 cm³/mol. The Morgan fingerprint density at radius 2 is 1.79 bits per heavy atom. The molecule has 0 aliphatic heterocycles. The van der Waals surface area contributed by atoms with Crippen molar-refractivity contribution in [3.8, 4) is 28.4 Å². The first-order valence-corrected chi connectivity index (χ1v) is 10.3. The minimum absolute atomic E-state index is 0.255. The van der Waals surface area contributed by atoms with Crippen molar-refractivity contribution in [2.24, 2.45) is 0 Å². The number of fused-ring (bicyclic) bond motifs is 1. The number of hydrogen-bond acceptors (Lipinski definition) is 6. The van der Waals surface area contributed by atoms with Crippen LogP contribution < -0.4 is 19.5 Å². The van der Waals surface area contributed by atoms with Crippen molar-refractivity contribution in [2.75, 3.05) is 26.6 Å². The van der Waals surface area contributed by atoms with E-state index in [2.05, 4.69) is 10.3 Å². The lowest BCUT2D eigenvalue weighted by Crippen LogP contribution is -2.08. The molecule has 1 N–H and O–H groups in total. The van der Waals surface area contributed by atoms with Crippen molar-refractivity contribution in [1.82, 2.24) is 4.98 Å². The van der Waals surface area contributed by atoms with Gasteiger partial charge >= 0.3 is 0 Å². The third-order valence-corrected chi connectivity index (χ3v) is 5.29. The summed E-state index contributed by atoms with van der Waals surface area (Å²) in [6.45, 7) is 1.86. The molecule has 0 bridgehead atoms. The van der Waals surface area contributed by atoms with Gasteiger partial charge in [-0.05, 0) is 48.4 Å². The lowest BCUT2D eigenvalue weighted by molar-refractivity contribution is -0.111. The molecule has 4 rings (SSSR count). The van der Waals surface area contributed by atoms with Crippen LogP contribution in [0.5, 0.6) is 17.2 Å². The van der Waals surface area contributed by atoms with Gasteiger partial charge in [0.1, 0.15) is 11.3 Å². The van der Waals surface area contributed by atoms with E-state index in [9.17, 15) is 4.79 Å². The number of allylic oxidation sites excluding steroid dienone is 1. The number of aromatic nitrogens is 1. The quantitative estimate of drug-likeness (QED) is 0.376. The molecule has 0 atom stereocenters. The molecule has 1 amide bonds. The van der Waals surface area contributed by atoms with E-state index in [1.54, 1.807) is 52.1 Å². The van der Waals surface area contributed by atoms with Crippen LogP contribution in [0, 0.1) is 0 Å². The summed E-state index contributed by atoms with van der Waals surface area (Å²) in [6, 6.07) is 13.0. The Morgan fingerprint density at radius 3 is 2.48 bits per heavy atom. The molecular formula is C26H24N2O5. The van der Waals surface area contributed by atoms with Crippen LogP contribution in [0.15, 0.2) is 71.6 Å². The molecule has 33 heavy (non-hydrogen) atoms. The molecule has 2 aromatic carbocycles. The molecule has 0 saturated heterocycles. The monoisotopic (exact) mass is 444 g/mol. The summed E-state index contributed by atoms with van der Waals surface area (Å²) >= 11 is 0. The summed E-state index contributed by atoms with van der Waals surface area (Å²) in [5.41, 5.74) is 4.64. The number of ether oxygens (including phenoxy) is 3. The van der Waals surface area contributed by atoms with E-state index in [-0.39, 0.29) is 5.91 Å². The van der Waals surface area contributed by atoms with Gasteiger partial charge in [0.2, 0.25) is 5.91 Å². The number of benzene rings is 2. The summed E-state index contributed by atoms with van der Waals surface area (Å²) in [6.07, 6.45) is 6.47. The molecule has 0 radical (unpaired) electrons. The number of rotatable bonds is 7. The largest absolute Gasteiger partial charge is 0.496 e. The van der Waals surface area contributed by atoms with Crippen molar-refractivity contribution < 1.29 is 23.4 Å². The van der Waals surface area contributed by atoms with Crippen molar-refractivity contribution in [3.05, 3.63) is 72.8 Å². The van der Waals surface area contributed by atoms with Crippen molar-refractivity contribution >= 4 is 28.1 Å². The maximum absolute atomic E-state index is 12.5. The molecule has 0 saturated carbocycles. The number of pyridine rings is 1. The Labute approximate surface area is 191 Å². The van der Waals surface area contributed by atoms with Crippen LogP contribution in [0.2, 0.25) is 0 Å². The van der Waals surface area contributed by atoms with E-state index in [4.69, 9.17) is 18.6 Å². The van der Waals surface area contributed by atoms with Crippen LogP contribution in [-0.4, -0.2) is 32.2 Å². The van der Waals surface area contributed by atoms with Gasteiger partial charge in [-0.2, -0.15) is 0 Å². The number of carbonyl (C=O) groups excluding carboxylic acids is 1. The highest BCUT2D eigenvalue weighted by atomic mass is 16.5. The standard InChI is InChI=1S/C26H24N2O5/c1-16(10-26(29)28-18-6-5-9-27-14-18)19-12-20-21(15-33-24(20)13-23(19)31-3)17-7-8-22(30-2)25(11-17)32-4/h5-15H,1-4H3,(H,28,29)/b16-10+. The van der Waals surface area contributed by atoms with Gasteiger partial charge in [-0.25, -0.2) is 0 Å². The van der Waals surface area contributed by atoms with Crippen molar-refractivity contribution in [1.29, 1.82) is 0 Å². The minimum Gasteiger partial charge on any atom is -0.496 e. The highest BCUT2D eigenvalue weighted by molar-refractivity contribution is 6.05. The molecule has 0 unspecified atom stereocenters. The van der Waals surface area contributed by atoms with Gasteiger partial charge in [0.25, 0.3) is 0 Å². The number of amides is 1. The summed E-state index contributed by atoms with van der Waals surface area (Å²) in [5, 5.41) is 3.70. The highest BCUT2D eigenvalue weighted by Gasteiger charge is 2.16. The fraction of sp³-hybridized carbons (Fsp3) is 0.154. The summed E-state index contributed by atoms with van der Waals surface area (Å²) in [4.78, 5) is 16.5. The first-order valence-electron chi connectivity index (χ1n) is 10.3. The lowest BCUT2D eigenvalue weighted by Gasteiger charge is -2.11. The van der Waals surface area contributed by atoms with Gasteiger partial charge in [-0.15, -0.1) is 0 Å². The van der Waals surface area contributed by atoms with Gasteiger partial charge in [-0.3, -0.25) is 9.78 Å². The second-order valence-electron chi connectivity index (χ2n) is 7.33. The normalized spacial score (nSPS) is 11.3. The van der Waals surface area contributed by atoms with Crippen LogP contribution in [0.4, 0.5) is 5.69 Å².